The van der Waals surface area contributed by atoms with Crippen molar-refractivity contribution in [1.82, 2.24) is 4.90 Å². The molecule has 0 unspecified atom stereocenters. The maximum atomic E-state index is 13.8. The van der Waals surface area contributed by atoms with E-state index in [1.807, 2.05) is 30.3 Å². The molecule has 206 valence electrons. The zero-order valence-corrected chi connectivity index (χ0v) is 21.7. The molecule has 1 aliphatic carbocycles. The van der Waals surface area contributed by atoms with Crippen molar-refractivity contribution in [3.63, 3.8) is 0 Å². The zero-order valence-electron chi connectivity index (χ0n) is 21.7. The van der Waals surface area contributed by atoms with Crippen molar-refractivity contribution in [2.75, 3.05) is 18.5 Å². The summed E-state index contributed by atoms with van der Waals surface area (Å²) in [5.41, 5.74) is 8.06. The number of nitrogens with two attached hydrogens (primary N) is 1. The lowest BCUT2D eigenvalue weighted by Crippen LogP contribution is -2.48. The predicted octanol–water partition coefficient (Wildman–Crippen LogP) is 4.95. The number of carboxylic acids is 1. The van der Waals surface area contributed by atoms with Crippen LogP contribution in [-0.4, -0.2) is 53.1 Å². The van der Waals surface area contributed by atoms with Crippen LogP contribution in [0.5, 0.6) is 0 Å². The van der Waals surface area contributed by atoms with Gasteiger partial charge in [-0.2, -0.15) is 0 Å². The van der Waals surface area contributed by atoms with Crippen LogP contribution < -0.4 is 11.1 Å². The molecule has 4 N–H and O–H groups in total. The fourth-order valence-electron chi connectivity index (χ4n) is 6.25. The first-order chi connectivity index (χ1) is 18.9. The largest absolute Gasteiger partial charge is 0.475 e. The van der Waals surface area contributed by atoms with E-state index in [9.17, 15) is 23.9 Å². The second kappa shape index (κ2) is 11.6. The van der Waals surface area contributed by atoms with Crippen molar-refractivity contribution in [1.29, 1.82) is 0 Å². The fraction of sp³-hybridized carbons (Fsp3) is 0.433. The molecule has 9 heteroatoms. The molecule has 2 aliphatic rings. The van der Waals surface area contributed by atoms with Crippen molar-refractivity contribution in [3.8, 4) is 0 Å². The van der Waals surface area contributed by atoms with Gasteiger partial charge in [0.1, 0.15) is 11.6 Å². The van der Waals surface area contributed by atoms with Crippen LogP contribution in [0.4, 0.5) is 10.1 Å². The van der Waals surface area contributed by atoms with Gasteiger partial charge in [-0.25, -0.2) is 4.79 Å². The lowest BCUT2D eigenvalue weighted by atomic mass is 9.77. The first kappa shape index (κ1) is 26.9. The Hall–Kier alpha value is -3.72. The van der Waals surface area contributed by atoms with Gasteiger partial charge in [-0.1, -0.05) is 30.3 Å². The first-order valence-corrected chi connectivity index (χ1v) is 13.6. The highest BCUT2D eigenvalue weighted by Gasteiger charge is 2.44. The van der Waals surface area contributed by atoms with Crippen LogP contribution in [0.15, 0.2) is 59.0 Å². The minimum atomic E-state index is -1.17. The highest BCUT2D eigenvalue weighted by molar-refractivity contribution is 6.00. The van der Waals surface area contributed by atoms with E-state index >= 15 is 0 Å². The molecule has 0 spiro atoms. The average Bonchev–Trinajstić information content (AvgIpc) is 3.58. The number of likely N-dealkylation sites (tertiary alicyclic amines) is 1. The minimum absolute atomic E-state index is 0.0116. The Morgan fingerprint density at radius 2 is 1.79 bits per heavy atom. The normalized spacial score (nSPS) is 24.0. The molecule has 3 aromatic rings. The molecule has 1 saturated carbocycles. The van der Waals surface area contributed by atoms with Gasteiger partial charge in [-0.05, 0) is 74.3 Å². The maximum absolute atomic E-state index is 13.8. The van der Waals surface area contributed by atoms with E-state index < -0.39 is 18.7 Å². The van der Waals surface area contributed by atoms with E-state index in [-0.39, 0.29) is 41.4 Å². The number of nitrogens with zero attached hydrogens (tertiary/aromatic N) is 1. The van der Waals surface area contributed by atoms with Gasteiger partial charge in [0.05, 0.1) is 6.67 Å². The monoisotopic (exact) mass is 535 g/mol. The Balaban J connectivity index is 1.35. The number of halogens is 1. The van der Waals surface area contributed by atoms with Crippen molar-refractivity contribution >= 4 is 34.4 Å². The van der Waals surface area contributed by atoms with Gasteiger partial charge in [-0.15, -0.1) is 0 Å². The van der Waals surface area contributed by atoms with E-state index in [1.54, 1.807) is 23.1 Å². The number of benzene rings is 2. The van der Waals surface area contributed by atoms with Crippen LogP contribution in [0.3, 0.4) is 0 Å². The van der Waals surface area contributed by atoms with Gasteiger partial charge in [0.2, 0.25) is 17.6 Å². The third kappa shape index (κ3) is 5.68. The summed E-state index contributed by atoms with van der Waals surface area (Å²) in [6.07, 6.45) is 3.97. The standard InChI is InChI=1S/C30H34FN3O5/c31-14-12-24(32)19-6-8-20(9-7-19)29(36)34-15-13-23(18-4-2-1-3-5-18)27(34)28(35)33-22-10-11-25-21(16-22)17-26(39-25)30(37)38/h1-5,10-11,16-17,19-20,23-24,27H,6-9,12-15,32H2,(H,33,35)(H,37,38)/t19-,20-,23-,24+,27-/m0/s1. The molecule has 5 rings (SSSR count). The van der Waals surface area contributed by atoms with Crippen LogP contribution >= 0.6 is 0 Å². The summed E-state index contributed by atoms with van der Waals surface area (Å²) in [4.78, 5) is 40.6. The number of carbonyl (C=O) groups excluding carboxylic acids is 2. The van der Waals surface area contributed by atoms with Crippen molar-refractivity contribution in [3.05, 3.63) is 65.9 Å². The van der Waals surface area contributed by atoms with Crippen LogP contribution in [-0.2, 0) is 9.59 Å². The topological polar surface area (TPSA) is 126 Å². The van der Waals surface area contributed by atoms with Gasteiger partial charge in [0.15, 0.2) is 0 Å². The summed E-state index contributed by atoms with van der Waals surface area (Å²) < 4.78 is 18.1. The number of carbonyl (C=O) groups is 3. The Morgan fingerprint density at radius 3 is 2.49 bits per heavy atom. The number of amides is 2. The zero-order chi connectivity index (χ0) is 27.5. The van der Waals surface area contributed by atoms with Gasteiger partial charge < -0.3 is 25.5 Å². The molecule has 0 radical (unpaired) electrons. The van der Waals surface area contributed by atoms with E-state index in [2.05, 4.69) is 5.32 Å². The van der Waals surface area contributed by atoms with Crippen LogP contribution in [0.1, 0.15) is 60.6 Å². The Bertz CT molecular complexity index is 1330. The number of fused-ring (bicyclic) bond motifs is 1. The summed E-state index contributed by atoms with van der Waals surface area (Å²) in [7, 11) is 0. The summed E-state index contributed by atoms with van der Waals surface area (Å²) in [5.74, 6) is -1.75. The van der Waals surface area contributed by atoms with Gasteiger partial charge >= 0.3 is 5.97 Å². The molecular formula is C30H34FN3O5. The summed E-state index contributed by atoms with van der Waals surface area (Å²) >= 11 is 0. The molecule has 2 amide bonds. The smallest absolute Gasteiger partial charge is 0.371 e. The Labute approximate surface area is 226 Å². The minimum Gasteiger partial charge on any atom is -0.475 e. The lowest BCUT2D eigenvalue weighted by molar-refractivity contribution is -0.141. The highest BCUT2D eigenvalue weighted by Crippen LogP contribution is 2.38. The molecule has 39 heavy (non-hydrogen) atoms. The molecule has 0 bridgehead atoms. The number of alkyl halides is 1. The fourth-order valence-corrected chi connectivity index (χ4v) is 6.25. The van der Waals surface area contributed by atoms with Gasteiger partial charge in [0.25, 0.3) is 0 Å². The predicted molar refractivity (Wildman–Crippen MR) is 145 cm³/mol. The second-order valence-electron chi connectivity index (χ2n) is 10.7. The quantitative estimate of drug-likeness (QED) is 0.375. The number of hydrogen-bond donors (Lipinski definition) is 3. The molecule has 1 saturated heterocycles. The first-order valence-electron chi connectivity index (χ1n) is 13.6. The van der Waals surface area contributed by atoms with Crippen molar-refractivity contribution in [2.24, 2.45) is 17.6 Å². The number of anilines is 1. The summed E-state index contributed by atoms with van der Waals surface area (Å²) in [6, 6.07) is 15.3. The van der Waals surface area contributed by atoms with Crippen LogP contribution in [0, 0.1) is 11.8 Å². The maximum Gasteiger partial charge on any atom is 0.371 e. The second-order valence-corrected chi connectivity index (χ2v) is 10.7. The number of furan rings is 1. The van der Waals surface area contributed by atoms with E-state index in [4.69, 9.17) is 10.2 Å². The van der Waals surface area contributed by atoms with E-state index in [0.717, 1.165) is 18.4 Å². The molecular weight excluding hydrogens is 501 g/mol. The van der Waals surface area contributed by atoms with E-state index in [0.29, 0.717) is 48.9 Å². The SMILES string of the molecule is N[C@H](CCF)[C@H]1CC[C@H](C(=O)N2CC[C@@H](c3ccccc3)[C@H]2C(=O)Nc2ccc3oc(C(=O)O)cc3c2)CC1. The van der Waals surface area contributed by atoms with E-state index in [1.165, 1.54) is 6.07 Å². The molecule has 2 aromatic carbocycles. The number of aromatic carboxylic acids is 1. The van der Waals surface area contributed by atoms with Gasteiger partial charge in [0, 0.05) is 35.5 Å². The molecule has 2 fully saturated rings. The van der Waals surface area contributed by atoms with Crippen molar-refractivity contribution in [2.45, 2.75) is 56.5 Å². The molecule has 1 aromatic heterocycles. The molecule has 8 nitrogen and oxygen atoms in total. The number of hydrogen-bond acceptors (Lipinski definition) is 5. The van der Waals surface area contributed by atoms with Gasteiger partial charge in [-0.3, -0.25) is 14.0 Å². The summed E-state index contributed by atoms with van der Waals surface area (Å²) in [5, 5.41) is 12.7. The average molecular weight is 536 g/mol. The third-order valence-electron chi connectivity index (χ3n) is 8.34. The molecule has 1 aliphatic heterocycles. The lowest BCUT2D eigenvalue weighted by Gasteiger charge is -2.35. The Morgan fingerprint density at radius 1 is 1.05 bits per heavy atom. The number of rotatable bonds is 8. The molecule has 3 atom stereocenters. The number of carboxylic acid groups (broad SMARTS) is 1. The summed E-state index contributed by atoms with van der Waals surface area (Å²) in [6.45, 7) is 0.0558. The van der Waals surface area contributed by atoms with Crippen LogP contribution in [0.25, 0.3) is 11.0 Å². The Kier molecular flexibility index (Phi) is 7.97. The molecule has 2 heterocycles. The van der Waals surface area contributed by atoms with Crippen molar-refractivity contribution < 1.29 is 28.3 Å². The third-order valence-corrected chi connectivity index (χ3v) is 8.34. The highest BCUT2D eigenvalue weighted by atomic mass is 19.1. The van der Waals surface area contributed by atoms with Crippen LogP contribution in [0.2, 0.25) is 0 Å². The number of nitrogens with one attached hydrogen (secondary N) is 1.